The van der Waals surface area contributed by atoms with E-state index in [9.17, 15) is 14.9 Å². The molecule has 3 rings (SSSR count). The van der Waals surface area contributed by atoms with Crippen LogP contribution in [-0.4, -0.2) is 47.8 Å². The van der Waals surface area contributed by atoms with Gasteiger partial charge in [0.1, 0.15) is 0 Å². The van der Waals surface area contributed by atoms with E-state index in [-0.39, 0.29) is 11.6 Å². The largest absolute Gasteiger partial charge is 0.347 e. The van der Waals surface area contributed by atoms with E-state index in [0.29, 0.717) is 44.7 Å². The van der Waals surface area contributed by atoms with Crippen LogP contribution in [-0.2, 0) is 9.47 Å². The van der Waals surface area contributed by atoms with Crippen LogP contribution in [0.25, 0.3) is 0 Å². The van der Waals surface area contributed by atoms with Crippen molar-refractivity contribution in [3.63, 3.8) is 0 Å². The minimum Gasteiger partial charge on any atom is -0.347 e. The molecule has 0 atom stereocenters. The van der Waals surface area contributed by atoms with Crippen molar-refractivity contribution in [2.45, 2.75) is 18.6 Å². The number of nitro groups is 1. The average molecular weight is 292 g/mol. The van der Waals surface area contributed by atoms with Crippen molar-refractivity contribution in [3.05, 3.63) is 39.9 Å². The molecule has 2 fully saturated rings. The molecule has 1 aromatic carbocycles. The molecule has 2 saturated heterocycles. The molecule has 0 aliphatic carbocycles. The Hall–Kier alpha value is -1.99. The van der Waals surface area contributed by atoms with Crippen molar-refractivity contribution < 1.29 is 19.2 Å². The van der Waals surface area contributed by atoms with E-state index in [1.54, 1.807) is 4.90 Å². The number of benzene rings is 1. The molecule has 1 spiro atoms. The highest BCUT2D eigenvalue weighted by Gasteiger charge is 2.40. The van der Waals surface area contributed by atoms with Gasteiger partial charge in [-0.15, -0.1) is 0 Å². The molecule has 1 amide bonds. The molecule has 7 heteroatoms. The van der Waals surface area contributed by atoms with Crippen molar-refractivity contribution in [2.75, 3.05) is 26.3 Å². The fourth-order valence-corrected chi connectivity index (χ4v) is 2.74. The zero-order valence-electron chi connectivity index (χ0n) is 11.5. The smallest absolute Gasteiger partial charge is 0.269 e. The number of hydrogen-bond acceptors (Lipinski definition) is 5. The highest BCUT2D eigenvalue weighted by molar-refractivity contribution is 5.94. The SMILES string of the molecule is O=C(c1ccc([N+](=O)[O-])cc1)N1CCC2(CC1)OCCO2. The lowest BCUT2D eigenvalue weighted by molar-refractivity contribution is -0.384. The molecule has 0 N–H and O–H groups in total. The predicted molar refractivity (Wildman–Crippen MR) is 72.9 cm³/mol. The summed E-state index contributed by atoms with van der Waals surface area (Å²) < 4.78 is 11.2. The molecule has 112 valence electrons. The average Bonchev–Trinajstić information content (AvgIpc) is 2.96. The maximum Gasteiger partial charge on any atom is 0.269 e. The second kappa shape index (κ2) is 5.42. The van der Waals surface area contributed by atoms with Crippen LogP contribution >= 0.6 is 0 Å². The number of carbonyl (C=O) groups is 1. The summed E-state index contributed by atoms with van der Waals surface area (Å²) in [6, 6.07) is 5.69. The predicted octanol–water partition coefficient (Wildman–Crippen LogP) is 1.57. The topological polar surface area (TPSA) is 81.9 Å². The van der Waals surface area contributed by atoms with Gasteiger partial charge in [0.25, 0.3) is 11.6 Å². The molecular formula is C14H16N2O5. The molecular weight excluding hydrogens is 276 g/mol. The summed E-state index contributed by atoms with van der Waals surface area (Å²) in [7, 11) is 0. The first-order chi connectivity index (χ1) is 10.1. The van der Waals surface area contributed by atoms with Crippen LogP contribution in [0.1, 0.15) is 23.2 Å². The van der Waals surface area contributed by atoms with Gasteiger partial charge < -0.3 is 14.4 Å². The van der Waals surface area contributed by atoms with Crippen LogP contribution in [0.2, 0.25) is 0 Å². The summed E-state index contributed by atoms with van der Waals surface area (Å²) in [4.78, 5) is 24.2. The molecule has 0 bridgehead atoms. The number of rotatable bonds is 2. The van der Waals surface area contributed by atoms with Crippen LogP contribution in [0.4, 0.5) is 5.69 Å². The molecule has 0 saturated carbocycles. The lowest BCUT2D eigenvalue weighted by Gasteiger charge is -2.37. The Bertz CT molecular complexity index is 541. The van der Waals surface area contributed by atoms with Crippen molar-refractivity contribution in [3.8, 4) is 0 Å². The Morgan fingerprint density at radius 1 is 1.14 bits per heavy atom. The molecule has 21 heavy (non-hydrogen) atoms. The molecule has 0 aromatic heterocycles. The summed E-state index contributed by atoms with van der Waals surface area (Å²) in [5.41, 5.74) is 0.446. The van der Waals surface area contributed by atoms with Crippen molar-refractivity contribution in [1.29, 1.82) is 0 Å². The standard InChI is InChI=1S/C14H16N2O5/c17-13(11-1-3-12(4-2-11)16(18)19)15-7-5-14(6-8-15)20-9-10-21-14/h1-4H,5-10H2. The Labute approximate surface area is 121 Å². The fourth-order valence-electron chi connectivity index (χ4n) is 2.74. The number of likely N-dealkylation sites (tertiary alicyclic amines) is 1. The van der Waals surface area contributed by atoms with E-state index in [0.717, 1.165) is 0 Å². The van der Waals surface area contributed by atoms with Crippen LogP contribution < -0.4 is 0 Å². The Morgan fingerprint density at radius 3 is 2.24 bits per heavy atom. The maximum atomic E-state index is 12.4. The first-order valence-electron chi connectivity index (χ1n) is 6.91. The van der Waals surface area contributed by atoms with Crippen molar-refractivity contribution in [1.82, 2.24) is 4.90 Å². The summed E-state index contributed by atoms with van der Waals surface area (Å²) in [6.45, 7) is 2.35. The lowest BCUT2D eigenvalue weighted by atomic mass is 10.0. The minimum atomic E-state index is -0.508. The second-order valence-corrected chi connectivity index (χ2v) is 5.20. The molecule has 2 aliphatic heterocycles. The van der Waals surface area contributed by atoms with E-state index in [1.165, 1.54) is 24.3 Å². The van der Waals surface area contributed by atoms with Crippen molar-refractivity contribution in [2.24, 2.45) is 0 Å². The fraction of sp³-hybridized carbons (Fsp3) is 0.500. The number of nitro benzene ring substituents is 1. The van der Waals surface area contributed by atoms with Gasteiger partial charge in [-0.2, -0.15) is 0 Å². The van der Waals surface area contributed by atoms with E-state index in [1.807, 2.05) is 0 Å². The van der Waals surface area contributed by atoms with E-state index >= 15 is 0 Å². The molecule has 0 unspecified atom stereocenters. The van der Waals surface area contributed by atoms with Crippen LogP contribution in [0, 0.1) is 10.1 Å². The highest BCUT2D eigenvalue weighted by Crippen LogP contribution is 2.31. The third kappa shape index (κ3) is 2.74. The number of amides is 1. The summed E-state index contributed by atoms with van der Waals surface area (Å²) in [5, 5.41) is 10.6. The monoisotopic (exact) mass is 292 g/mol. The van der Waals surface area contributed by atoms with Gasteiger partial charge in [0.2, 0.25) is 0 Å². The Balaban J connectivity index is 1.64. The van der Waals surface area contributed by atoms with Crippen LogP contribution in [0.15, 0.2) is 24.3 Å². The quantitative estimate of drug-likeness (QED) is 0.610. The van der Waals surface area contributed by atoms with Crippen LogP contribution in [0.5, 0.6) is 0 Å². The normalized spacial score (nSPS) is 20.7. The molecule has 2 heterocycles. The third-order valence-electron chi connectivity index (χ3n) is 3.95. The summed E-state index contributed by atoms with van der Waals surface area (Å²) >= 11 is 0. The lowest BCUT2D eigenvalue weighted by Crippen LogP contribution is -2.47. The maximum absolute atomic E-state index is 12.4. The number of piperidine rings is 1. The Morgan fingerprint density at radius 2 is 1.71 bits per heavy atom. The summed E-state index contributed by atoms with van der Waals surface area (Å²) in [5.74, 6) is -0.621. The number of carbonyl (C=O) groups excluding carboxylic acids is 1. The third-order valence-corrected chi connectivity index (χ3v) is 3.95. The van der Waals surface area contributed by atoms with Gasteiger partial charge >= 0.3 is 0 Å². The second-order valence-electron chi connectivity index (χ2n) is 5.20. The van der Waals surface area contributed by atoms with Crippen LogP contribution in [0.3, 0.4) is 0 Å². The first-order valence-corrected chi connectivity index (χ1v) is 6.91. The van der Waals surface area contributed by atoms with Gasteiger partial charge in [0.15, 0.2) is 5.79 Å². The molecule has 1 aromatic rings. The zero-order chi connectivity index (χ0) is 14.9. The molecule has 0 radical (unpaired) electrons. The number of nitrogens with zero attached hydrogens (tertiary/aromatic N) is 2. The molecule has 7 nitrogen and oxygen atoms in total. The van der Waals surface area contributed by atoms with Gasteiger partial charge in [0, 0.05) is 43.6 Å². The van der Waals surface area contributed by atoms with Gasteiger partial charge in [-0.25, -0.2) is 0 Å². The van der Waals surface area contributed by atoms with Gasteiger partial charge in [0.05, 0.1) is 18.1 Å². The van der Waals surface area contributed by atoms with E-state index < -0.39 is 10.7 Å². The van der Waals surface area contributed by atoms with Crippen molar-refractivity contribution >= 4 is 11.6 Å². The number of non-ortho nitro benzene ring substituents is 1. The number of ether oxygens (including phenoxy) is 2. The minimum absolute atomic E-state index is 0.0168. The van der Waals surface area contributed by atoms with Gasteiger partial charge in [-0.3, -0.25) is 14.9 Å². The summed E-state index contributed by atoms with van der Waals surface area (Å²) in [6.07, 6.45) is 1.32. The number of hydrogen-bond donors (Lipinski definition) is 0. The Kier molecular flexibility index (Phi) is 3.60. The van der Waals surface area contributed by atoms with E-state index in [2.05, 4.69) is 0 Å². The van der Waals surface area contributed by atoms with E-state index in [4.69, 9.17) is 9.47 Å². The molecule has 2 aliphatic rings. The first kappa shape index (κ1) is 14.0. The highest BCUT2D eigenvalue weighted by atomic mass is 16.7. The van der Waals surface area contributed by atoms with Gasteiger partial charge in [-0.05, 0) is 12.1 Å². The zero-order valence-corrected chi connectivity index (χ0v) is 11.5. The van der Waals surface area contributed by atoms with Gasteiger partial charge in [-0.1, -0.05) is 0 Å².